The largest absolute Gasteiger partial charge is 0.432 e. The smallest absolute Gasteiger partial charge is 0.309 e. The van der Waals surface area contributed by atoms with E-state index in [1.807, 2.05) is 11.2 Å². The summed E-state index contributed by atoms with van der Waals surface area (Å²) < 4.78 is 38.9. The highest BCUT2D eigenvalue weighted by Crippen LogP contribution is 2.37. The Morgan fingerprint density at radius 2 is 1.11 bits per heavy atom. The predicted octanol–water partition coefficient (Wildman–Crippen LogP) is 8.56. The molecule has 0 aliphatic carbocycles. The Morgan fingerprint density at radius 1 is 0.639 bits per heavy atom. The highest BCUT2D eigenvalue weighted by molar-refractivity contribution is 5.77. The lowest BCUT2D eigenvalue weighted by Crippen LogP contribution is -2.14. The molecule has 0 bridgehead atoms. The van der Waals surface area contributed by atoms with Crippen LogP contribution in [-0.2, 0) is 17.0 Å². The molecule has 36 heavy (non-hydrogen) atoms. The van der Waals surface area contributed by atoms with Gasteiger partial charge in [0.25, 0.3) is 0 Å². The summed E-state index contributed by atoms with van der Waals surface area (Å²) in [7, 11) is 0. The Kier molecular flexibility index (Phi) is 6.45. The fraction of sp³-hybridized carbons (Fsp3) is 0.310. The molecular formula is C29H31F3N4. The van der Waals surface area contributed by atoms with Crippen molar-refractivity contribution in [3.63, 3.8) is 0 Å². The Morgan fingerprint density at radius 3 is 1.47 bits per heavy atom. The maximum atomic E-state index is 13.0. The molecule has 7 heteroatoms. The molecule has 0 atom stereocenters. The summed E-state index contributed by atoms with van der Waals surface area (Å²) >= 11 is 0. The molecule has 188 valence electrons. The fourth-order valence-corrected chi connectivity index (χ4v) is 3.94. The lowest BCUT2D eigenvalue weighted by molar-refractivity contribution is -0.141. The van der Waals surface area contributed by atoms with Crippen molar-refractivity contribution in [1.82, 2.24) is 15.2 Å². The summed E-state index contributed by atoms with van der Waals surface area (Å²) in [6, 6.07) is 21.3. The van der Waals surface area contributed by atoms with Crippen LogP contribution in [0.1, 0.15) is 58.4 Å². The van der Waals surface area contributed by atoms with Gasteiger partial charge >= 0.3 is 6.18 Å². The molecule has 2 aromatic heterocycles. The van der Waals surface area contributed by atoms with Gasteiger partial charge in [0.15, 0.2) is 0 Å². The van der Waals surface area contributed by atoms with Crippen molar-refractivity contribution in [2.24, 2.45) is 0 Å². The van der Waals surface area contributed by atoms with Crippen LogP contribution in [0.2, 0.25) is 0 Å². The number of alkyl halides is 3. The van der Waals surface area contributed by atoms with Crippen LogP contribution in [0.3, 0.4) is 0 Å². The van der Waals surface area contributed by atoms with Crippen molar-refractivity contribution < 1.29 is 13.2 Å². The first kappa shape index (κ1) is 25.5. The number of benzene rings is 2. The van der Waals surface area contributed by atoms with Gasteiger partial charge in [0.2, 0.25) is 0 Å². The van der Waals surface area contributed by atoms with Crippen LogP contribution >= 0.6 is 0 Å². The first-order valence-corrected chi connectivity index (χ1v) is 11.8. The van der Waals surface area contributed by atoms with Crippen molar-refractivity contribution in [2.75, 3.05) is 4.90 Å². The second-order valence-electron chi connectivity index (χ2n) is 11.0. The van der Waals surface area contributed by atoms with E-state index in [-0.39, 0.29) is 16.5 Å². The van der Waals surface area contributed by atoms with Gasteiger partial charge < -0.3 is 4.90 Å². The number of rotatable bonds is 4. The third-order valence-corrected chi connectivity index (χ3v) is 6.13. The monoisotopic (exact) mass is 492 g/mol. The second kappa shape index (κ2) is 9.12. The van der Waals surface area contributed by atoms with Crippen LogP contribution in [-0.4, -0.2) is 15.2 Å². The molecule has 0 amide bonds. The third-order valence-electron chi connectivity index (χ3n) is 6.13. The van der Waals surface area contributed by atoms with Crippen molar-refractivity contribution >= 4 is 17.1 Å². The number of hydrogen-bond acceptors (Lipinski definition) is 3. The van der Waals surface area contributed by atoms with E-state index in [0.717, 1.165) is 23.1 Å². The molecular weight excluding hydrogens is 461 g/mol. The first-order chi connectivity index (χ1) is 16.7. The zero-order valence-corrected chi connectivity index (χ0v) is 21.4. The van der Waals surface area contributed by atoms with Crippen LogP contribution < -0.4 is 4.90 Å². The number of hydrogen-bond donors (Lipinski definition) is 1. The highest BCUT2D eigenvalue weighted by Gasteiger charge is 2.33. The number of pyridine rings is 1. The molecule has 0 fully saturated rings. The van der Waals surface area contributed by atoms with E-state index in [2.05, 4.69) is 105 Å². The lowest BCUT2D eigenvalue weighted by Gasteiger charge is -2.27. The van der Waals surface area contributed by atoms with E-state index < -0.39 is 11.9 Å². The van der Waals surface area contributed by atoms with Crippen LogP contribution in [0.25, 0.3) is 11.4 Å². The van der Waals surface area contributed by atoms with Gasteiger partial charge in [-0.05, 0) is 64.4 Å². The second-order valence-corrected chi connectivity index (χ2v) is 11.0. The van der Waals surface area contributed by atoms with Crippen LogP contribution in [0.5, 0.6) is 0 Å². The highest BCUT2D eigenvalue weighted by atomic mass is 19.4. The van der Waals surface area contributed by atoms with Crippen LogP contribution in [0.15, 0.2) is 72.9 Å². The zero-order chi connectivity index (χ0) is 26.3. The Bertz CT molecular complexity index is 1250. The van der Waals surface area contributed by atoms with Crippen LogP contribution in [0.4, 0.5) is 30.2 Å². The number of anilines is 3. The number of aromatic nitrogens is 3. The molecule has 0 radical (unpaired) electrons. The number of halogens is 3. The van der Waals surface area contributed by atoms with Gasteiger partial charge in [0.1, 0.15) is 11.4 Å². The molecule has 4 aromatic rings. The normalized spacial score (nSPS) is 12.6. The summed E-state index contributed by atoms with van der Waals surface area (Å²) in [6.45, 7) is 13.0. The average Bonchev–Trinajstić information content (AvgIpc) is 3.30. The van der Waals surface area contributed by atoms with E-state index in [1.54, 1.807) is 12.3 Å². The molecule has 0 saturated carbocycles. The summed E-state index contributed by atoms with van der Waals surface area (Å²) in [5.74, 6) is 0. The molecule has 4 rings (SSSR count). The van der Waals surface area contributed by atoms with Gasteiger partial charge in [-0.3, -0.25) is 10.1 Å². The zero-order valence-electron chi connectivity index (χ0n) is 21.4. The number of nitrogens with zero attached hydrogens (tertiary/aromatic N) is 3. The standard InChI is InChI=1S/C29H31F3N4/c1-27(2,3)19-7-11-21(12-8-19)36(22-13-9-20(10-14-22)28(4,5)6)23-15-16-24(33-18-23)25-17-26(35-34-25)29(30,31)32/h7-18H,1-6H3,(H,34,35). The quantitative estimate of drug-likeness (QED) is 0.310. The van der Waals surface area contributed by atoms with Gasteiger partial charge in [-0.25, -0.2) is 0 Å². The minimum atomic E-state index is -4.49. The molecule has 2 heterocycles. The fourth-order valence-electron chi connectivity index (χ4n) is 3.94. The molecule has 4 nitrogen and oxygen atoms in total. The minimum Gasteiger partial charge on any atom is -0.309 e. The Balaban J connectivity index is 1.73. The predicted molar refractivity (Wildman–Crippen MR) is 139 cm³/mol. The Labute approximate surface area is 210 Å². The number of aromatic amines is 1. The summed E-state index contributed by atoms with van der Waals surface area (Å²) in [4.78, 5) is 6.52. The minimum absolute atomic E-state index is 0.0275. The maximum absolute atomic E-state index is 13.0. The van der Waals surface area contributed by atoms with Gasteiger partial charge in [-0.15, -0.1) is 0 Å². The molecule has 0 saturated heterocycles. The van der Waals surface area contributed by atoms with Gasteiger partial charge in [-0.2, -0.15) is 18.3 Å². The van der Waals surface area contributed by atoms with Crippen molar-refractivity contribution in [3.05, 3.63) is 89.7 Å². The first-order valence-electron chi connectivity index (χ1n) is 11.8. The number of nitrogens with one attached hydrogen (secondary N) is 1. The lowest BCUT2D eigenvalue weighted by atomic mass is 9.86. The average molecular weight is 493 g/mol. The van der Waals surface area contributed by atoms with Gasteiger partial charge in [0.05, 0.1) is 17.6 Å². The van der Waals surface area contributed by atoms with Crippen molar-refractivity contribution in [1.29, 1.82) is 0 Å². The van der Waals surface area contributed by atoms with Crippen molar-refractivity contribution in [3.8, 4) is 11.4 Å². The molecule has 0 aliphatic rings. The number of H-pyrrole nitrogens is 1. The molecule has 2 aromatic carbocycles. The summed E-state index contributed by atoms with van der Waals surface area (Å²) in [5, 5.41) is 5.83. The maximum Gasteiger partial charge on any atom is 0.432 e. The third kappa shape index (κ3) is 5.45. The summed E-state index contributed by atoms with van der Waals surface area (Å²) in [6.07, 6.45) is -2.83. The SMILES string of the molecule is CC(C)(C)c1ccc(N(c2ccc(C(C)(C)C)cc2)c2ccc(-c3cc(C(F)(F)F)[nH]n3)nc2)cc1. The van der Waals surface area contributed by atoms with E-state index in [0.29, 0.717) is 5.69 Å². The molecule has 0 spiro atoms. The summed E-state index contributed by atoms with van der Waals surface area (Å²) in [5.41, 5.74) is 4.81. The van der Waals surface area contributed by atoms with Crippen LogP contribution in [0, 0.1) is 0 Å². The van der Waals surface area contributed by atoms with Gasteiger partial charge in [0, 0.05) is 11.4 Å². The van der Waals surface area contributed by atoms with E-state index in [4.69, 9.17) is 0 Å². The van der Waals surface area contributed by atoms with Crippen molar-refractivity contribution in [2.45, 2.75) is 58.5 Å². The topological polar surface area (TPSA) is 44.8 Å². The van der Waals surface area contributed by atoms with E-state index in [1.165, 1.54) is 11.1 Å². The van der Waals surface area contributed by atoms with E-state index in [9.17, 15) is 13.2 Å². The molecule has 1 N–H and O–H groups in total. The van der Waals surface area contributed by atoms with Gasteiger partial charge in [-0.1, -0.05) is 65.8 Å². The molecule has 0 aliphatic heterocycles. The van der Waals surface area contributed by atoms with E-state index >= 15 is 0 Å². The Hall–Kier alpha value is -3.61. The molecule has 0 unspecified atom stereocenters.